The van der Waals surface area contributed by atoms with Crippen molar-refractivity contribution < 1.29 is 9.59 Å². The van der Waals surface area contributed by atoms with Crippen LogP contribution in [0.1, 0.15) is 45.4 Å². The fourth-order valence-corrected chi connectivity index (χ4v) is 1.71. The molecule has 68 valence electrons. The van der Waals surface area contributed by atoms with Crippen molar-refractivity contribution in [1.29, 1.82) is 0 Å². The monoisotopic (exact) mass is 168 g/mol. The topological polar surface area (TPSA) is 34.1 Å². The summed E-state index contributed by atoms with van der Waals surface area (Å²) in [5, 5.41) is 0. The predicted octanol–water partition coefficient (Wildman–Crippen LogP) is 2.11. The Morgan fingerprint density at radius 1 is 1.25 bits per heavy atom. The lowest BCUT2D eigenvalue weighted by atomic mass is 9.98. The average Bonchev–Trinajstić information content (AvgIpc) is 2.56. The molecular weight excluding hydrogens is 152 g/mol. The number of hydrogen-bond acceptors (Lipinski definition) is 2. The molecule has 0 aliphatic heterocycles. The van der Waals surface area contributed by atoms with E-state index in [0.29, 0.717) is 6.42 Å². The van der Waals surface area contributed by atoms with Crippen LogP contribution in [0.15, 0.2) is 0 Å². The van der Waals surface area contributed by atoms with Gasteiger partial charge < -0.3 is 0 Å². The molecule has 1 aliphatic rings. The zero-order valence-electron chi connectivity index (χ0n) is 7.64. The lowest BCUT2D eigenvalue weighted by Gasteiger charge is -2.05. The summed E-state index contributed by atoms with van der Waals surface area (Å²) in [5.74, 6) is 0.478. The highest BCUT2D eigenvalue weighted by atomic mass is 16.1. The molecule has 0 saturated heterocycles. The summed E-state index contributed by atoms with van der Waals surface area (Å²) < 4.78 is 0. The first-order chi connectivity index (χ1) is 5.74. The van der Waals surface area contributed by atoms with E-state index in [1.165, 1.54) is 0 Å². The van der Waals surface area contributed by atoms with Crippen molar-refractivity contribution in [3.63, 3.8) is 0 Å². The Hall–Kier alpha value is -0.660. The number of hydrogen-bond donors (Lipinski definition) is 0. The highest BCUT2D eigenvalue weighted by Gasteiger charge is 2.23. The maximum absolute atomic E-state index is 11.4. The zero-order chi connectivity index (χ0) is 8.97. The van der Waals surface area contributed by atoms with Crippen molar-refractivity contribution >= 4 is 11.6 Å². The summed E-state index contributed by atoms with van der Waals surface area (Å²) in [6.07, 6.45) is 5.03. The highest BCUT2D eigenvalue weighted by molar-refractivity contribution is 6.00. The van der Waals surface area contributed by atoms with Gasteiger partial charge in [0.05, 0.1) is 6.42 Å². The molecule has 0 heterocycles. The van der Waals surface area contributed by atoms with E-state index in [-0.39, 0.29) is 23.9 Å². The number of carbonyl (C=O) groups is 2. The summed E-state index contributed by atoms with van der Waals surface area (Å²) in [6, 6.07) is 0. The number of rotatable bonds is 4. The van der Waals surface area contributed by atoms with Crippen molar-refractivity contribution in [3.8, 4) is 0 Å². The first kappa shape index (κ1) is 9.43. The molecule has 12 heavy (non-hydrogen) atoms. The van der Waals surface area contributed by atoms with Crippen LogP contribution in [-0.2, 0) is 9.59 Å². The molecule has 0 aromatic heterocycles. The molecule has 1 aliphatic carbocycles. The van der Waals surface area contributed by atoms with E-state index < -0.39 is 0 Å². The predicted molar refractivity (Wildman–Crippen MR) is 46.9 cm³/mol. The smallest absolute Gasteiger partial charge is 0.143 e. The van der Waals surface area contributed by atoms with Crippen LogP contribution in [-0.4, -0.2) is 11.6 Å². The molecule has 0 aromatic rings. The van der Waals surface area contributed by atoms with Crippen LogP contribution in [0, 0.1) is 5.92 Å². The molecule has 0 aromatic carbocycles. The Morgan fingerprint density at radius 2 is 1.83 bits per heavy atom. The molecular formula is C10H16O2. The van der Waals surface area contributed by atoms with Gasteiger partial charge in [0.15, 0.2) is 0 Å². The van der Waals surface area contributed by atoms with E-state index in [1.54, 1.807) is 0 Å². The average molecular weight is 168 g/mol. The van der Waals surface area contributed by atoms with Crippen LogP contribution in [0.3, 0.4) is 0 Å². The molecule has 1 fully saturated rings. The maximum atomic E-state index is 11.4. The molecule has 0 N–H and O–H groups in total. The lowest BCUT2D eigenvalue weighted by molar-refractivity contribution is -0.129. The fourth-order valence-electron chi connectivity index (χ4n) is 1.71. The molecule has 0 amide bonds. The largest absolute Gasteiger partial charge is 0.299 e. The van der Waals surface area contributed by atoms with Gasteiger partial charge in [-0.05, 0) is 12.8 Å². The Labute approximate surface area is 73.3 Å². The minimum atomic E-state index is 0.0897. The summed E-state index contributed by atoms with van der Waals surface area (Å²) in [5.41, 5.74) is 0. The normalized spacial score (nSPS) is 18.1. The Morgan fingerprint density at radius 3 is 2.33 bits per heavy atom. The van der Waals surface area contributed by atoms with Crippen molar-refractivity contribution in [2.75, 3.05) is 0 Å². The summed E-state index contributed by atoms with van der Waals surface area (Å²) in [4.78, 5) is 22.4. The van der Waals surface area contributed by atoms with Crippen LogP contribution >= 0.6 is 0 Å². The van der Waals surface area contributed by atoms with Crippen molar-refractivity contribution in [2.45, 2.75) is 45.4 Å². The molecule has 0 radical (unpaired) electrons. The Kier molecular flexibility index (Phi) is 3.45. The van der Waals surface area contributed by atoms with Crippen molar-refractivity contribution in [2.24, 2.45) is 5.92 Å². The van der Waals surface area contributed by atoms with Gasteiger partial charge in [0.2, 0.25) is 0 Å². The maximum Gasteiger partial charge on any atom is 0.143 e. The SMILES string of the molecule is CCC(=O)CC(=O)C1CCCC1. The highest BCUT2D eigenvalue weighted by Crippen LogP contribution is 2.26. The fraction of sp³-hybridized carbons (Fsp3) is 0.800. The zero-order valence-corrected chi connectivity index (χ0v) is 7.64. The van der Waals surface area contributed by atoms with E-state index in [0.717, 1.165) is 25.7 Å². The lowest BCUT2D eigenvalue weighted by Crippen LogP contribution is -2.14. The molecule has 2 nitrogen and oxygen atoms in total. The number of carbonyl (C=O) groups excluding carboxylic acids is 2. The van der Waals surface area contributed by atoms with E-state index in [4.69, 9.17) is 0 Å². The summed E-state index contributed by atoms with van der Waals surface area (Å²) >= 11 is 0. The van der Waals surface area contributed by atoms with Gasteiger partial charge >= 0.3 is 0 Å². The summed E-state index contributed by atoms with van der Waals surface area (Å²) in [6.45, 7) is 1.81. The quantitative estimate of drug-likeness (QED) is 0.602. The van der Waals surface area contributed by atoms with Crippen LogP contribution in [0.2, 0.25) is 0 Å². The standard InChI is InChI=1S/C10H16O2/c1-2-9(11)7-10(12)8-5-3-4-6-8/h8H,2-7H2,1H3. The van der Waals surface area contributed by atoms with Gasteiger partial charge in [-0.15, -0.1) is 0 Å². The van der Waals surface area contributed by atoms with Gasteiger partial charge in [-0.1, -0.05) is 19.8 Å². The minimum Gasteiger partial charge on any atom is -0.299 e. The van der Waals surface area contributed by atoms with Crippen LogP contribution < -0.4 is 0 Å². The van der Waals surface area contributed by atoms with E-state index >= 15 is 0 Å². The van der Waals surface area contributed by atoms with Crippen LogP contribution in [0.5, 0.6) is 0 Å². The molecule has 0 unspecified atom stereocenters. The van der Waals surface area contributed by atoms with Gasteiger partial charge in [0, 0.05) is 12.3 Å². The van der Waals surface area contributed by atoms with E-state index in [1.807, 2.05) is 6.92 Å². The third-order valence-electron chi connectivity index (χ3n) is 2.58. The molecule has 1 saturated carbocycles. The molecule has 0 spiro atoms. The first-order valence-corrected chi connectivity index (χ1v) is 4.78. The second kappa shape index (κ2) is 4.39. The van der Waals surface area contributed by atoms with Crippen LogP contribution in [0.25, 0.3) is 0 Å². The van der Waals surface area contributed by atoms with Gasteiger partial charge in [-0.25, -0.2) is 0 Å². The third-order valence-corrected chi connectivity index (χ3v) is 2.58. The van der Waals surface area contributed by atoms with Gasteiger partial charge in [0.1, 0.15) is 11.6 Å². The Bertz CT molecular complexity index is 178. The third kappa shape index (κ3) is 2.43. The minimum absolute atomic E-state index is 0.0897. The van der Waals surface area contributed by atoms with Gasteiger partial charge in [-0.2, -0.15) is 0 Å². The van der Waals surface area contributed by atoms with Crippen molar-refractivity contribution in [1.82, 2.24) is 0 Å². The number of ketones is 2. The van der Waals surface area contributed by atoms with Gasteiger partial charge in [0.25, 0.3) is 0 Å². The number of Topliss-reactive ketones (excluding diaryl/α,β-unsaturated/α-hetero) is 2. The molecule has 1 rings (SSSR count). The second-order valence-corrected chi connectivity index (χ2v) is 3.52. The summed E-state index contributed by atoms with van der Waals surface area (Å²) in [7, 11) is 0. The Balaban J connectivity index is 2.32. The molecule has 0 atom stereocenters. The molecule has 2 heteroatoms. The second-order valence-electron chi connectivity index (χ2n) is 3.52. The van der Waals surface area contributed by atoms with Gasteiger partial charge in [-0.3, -0.25) is 9.59 Å². The first-order valence-electron chi connectivity index (χ1n) is 4.78. The van der Waals surface area contributed by atoms with E-state index in [9.17, 15) is 9.59 Å². The van der Waals surface area contributed by atoms with Crippen LogP contribution in [0.4, 0.5) is 0 Å². The van der Waals surface area contributed by atoms with E-state index in [2.05, 4.69) is 0 Å². The van der Waals surface area contributed by atoms with Crippen molar-refractivity contribution in [3.05, 3.63) is 0 Å². The molecule has 0 bridgehead atoms.